The van der Waals surface area contributed by atoms with Crippen LogP contribution >= 0.6 is 0 Å². The zero-order chi connectivity index (χ0) is 9.97. The highest BCUT2D eigenvalue weighted by Crippen LogP contribution is 2.29. The normalized spacial score (nSPS) is 41.1. The summed E-state index contributed by atoms with van der Waals surface area (Å²) in [5, 5.41) is 0. The van der Waals surface area contributed by atoms with Crippen LogP contribution < -0.4 is 0 Å². The van der Waals surface area contributed by atoms with Crippen molar-refractivity contribution in [2.75, 3.05) is 13.1 Å². The van der Waals surface area contributed by atoms with Gasteiger partial charge in [0.25, 0.3) is 0 Å². The van der Waals surface area contributed by atoms with Gasteiger partial charge < -0.3 is 4.90 Å². The minimum Gasteiger partial charge on any atom is -0.300 e. The van der Waals surface area contributed by atoms with Crippen molar-refractivity contribution in [3.05, 3.63) is 0 Å². The summed E-state index contributed by atoms with van der Waals surface area (Å²) >= 11 is 0. The van der Waals surface area contributed by atoms with E-state index in [1.807, 2.05) is 0 Å². The van der Waals surface area contributed by atoms with Gasteiger partial charge in [-0.15, -0.1) is 0 Å². The van der Waals surface area contributed by atoms with Crippen LogP contribution in [0.15, 0.2) is 0 Å². The molecule has 1 heterocycles. The zero-order valence-electron chi connectivity index (χ0n) is 9.84. The first kappa shape index (κ1) is 10.5. The molecule has 1 saturated carbocycles. The second-order valence-corrected chi connectivity index (χ2v) is 5.67. The van der Waals surface area contributed by atoms with E-state index in [0.29, 0.717) is 0 Å². The quantitative estimate of drug-likeness (QED) is 0.620. The van der Waals surface area contributed by atoms with Crippen LogP contribution in [0.25, 0.3) is 0 Å². The summed E-state index contributed by atoms with van der Waals surface area (Å²) in [6.07, 6.45) is 8.77. The van der Waals surface area contributed by atoms with Crippen molar-refractivity contribution < 1.29 is 0 Å². The molecular formula is C13H25N. The Hall–Kier alpha value is -0.0400. The average Bonchev–Trinajstić information content (AvgIpc) is 2.18. The van der Waals surface area contributed by atoms with Gasteiger partial charge in [0.15, 0.2) is 0 Å². The third kappa shape index (κ3) is 2.50. The lowest BCUT2D eigenvalue weighted by Gasteiger charge is -2.40. The highest BCUT2D eigenvalue weighted by atomic mass is 15.2. The van der Waals surface area contributed by atoms with Gasteiger partial charge in [-0.2, -0.15) is 0 Å². The fourth-order valence-electron chi connectivity index (χ4n) is 3.29. The van der Waals surface area contributed by atoms with Crippen molar-refractivity contribution in [1.82, 2.24) is 4.90 Å². The third-order valence-electron chi connectivity index (χ3n) is 4.11. The summed E-state index contributed by atoms with van der Waals surface area (Å²) in [5.74, 6) is 1.92. The zero-order valence-corrected chi connectivity index (χ0v) is 9.84. The molecule has 0 aromatic carbocycles. The fraction of sp³-hybridized carbons (Fsp3) is 1.00. The van der Waals surface area contributed by atoms with E-state index in [1.54, 1.807) is 0 Å². The molecular weight excluding hydrogens is 170 g/mol. The minimum absolute atomic E-state index is 0.932. The van der Waals surface area contributed by atoms with Gasteiger partial charge in [0.05, 0.1) is 0 Å². The first-order chi connectivity index (χ1) is 6.75. The summed E-state index contributed by atoms with van der Waals surface area (Å²) in [4.78, 5) is 2.78. The van der Waals surface area contributed by atoms with E-state index in [2.05, 4.69) is 18.7 Å². The van der Waals surface area contributed by atoms with Crippen LogP contribution in [-0.2, 0) is 0 Å². The Morgan fingerprint density at radius 3 is 2.43 bits per heavy atom. The van der Waals surface area contributed by atoms with Crippen molar-refractivity contribution >= 4 is 0 Å². The molecule has 0 bridgehead atoms. The molecule has 3 unspecified atom stereocenters. The van der Waals surface area contributed by atoms with Gasteiger partial charge in [-0.3, -0.25) is 0 Å². The molecule has 3 atom stereocenters. The first-order valence-electron chi connectivity index (χ1n) is 6.49. The lowest BCUT2D eigenvalue weighted by Crippen LogP contribution is -2.44. The summed E-state index contributed by atoms with van der Waals surface area (Å²) in [7, 11) is 0. The van der Waals surface area contributed by atoms with Gasteiger partial charge in [-0.1, -0.05) is 26.7 Å². The van der Waals surface area contributed by atoms with Crippen LogP contribution in [0.4, 0.5) is 0 Å². The number of hydrogen-bond acceptors (Lipinski definition) is 1. The SMILES string of the molecule is CC1CCCC(N2CCCC(C)C2)C1. The molecule has 0 amide bonds. The van der Waals surface area contributed by atoms with Crippen molar-refractivity contribution in [2.24, 2.45) is 11.8 Å². The maximum atomic E-state index is 2.78. The molecule has 0 radical (unpaired) electrons. The van der Waals surface area contributed by atoms with Crippen molar-refractivity contribution in [1.29, 1.82) is 0 Å². The number of likely N-dealkylation sites (tertiary alicyclic amines) is 1. The molecule has 1 aliphatic carbocycles. The molecule has 1 saturated heterocycles. The second kappa shape index (κ2) is 4.65. The van der Waals surface area contributed by atoms with Crippen LogP contribution in [0.3, 0.4) is 0 Å². The molecule has 2 aliphatic rings. The molecule has 1 nitrogen and oxygen atoms in total. The van der Waals surface area contributed by atoms with E-state index in [0.717, 1.165) is 17.9 Å². The van der Waals surface area contributed by atoms with Gasteiger partial charge in [0, 0.05) is 12.6 Å². The van der Waals surface area contributed by atoms with Gasteiger partial charge in [-0.05, 0) is 44.1 Å². The van der Waals surface area contributed by atoms with Crippen LogP contribution in [-0.4, -0.2) is 24.0 Å². The van der Waals surface area contributed by atoms with E-state index in [4.69, 9.17) is 0 Å². The van der Waals surface area contributed by atoms with E-state index in [9.17, 15) is 0 Å². The van der Waals surface area contributed by atoms with E-state index in [1.165, 1.54) is 51.6 Å². The monoisotopic (exact) mass is 195 g/mol. The summed E-state index contributed by atoms with van der Waals surface area (Å²) < 4.78 is 0. The molecule has 2 fully saturated rings. The maximum absolute atomic E-state index is 2.78. The predicted octanol–water partition coefficient (Wildman–Crippen LogP) is 3.30. The van der Waals surface area contributed by atoms with Crippen LogP contribution in [0.1, 0.15) is 52.4 Å². The maximum Gasteiger partial charge on any atom is 0.00979 e. The lowest BCUT2D eigenvalue weighted by atomic mass is 9.85. The van der Waals surface area contributed by atoms with Crippen molar-refractivity contribution in [3.8, 4) is 0 Å². The number of rotatable bonds is 1. The molecule has 0 aromatic rings. The Morgan fingerprint density at radius 1 is 0.929 bits per heavy atom. The number of nitrogens with zero attached hydrogens (tertiary/aromatic N) is 1. The highest BCUT2D eigenvalue weighted by Gasteiger charge is 2.27. The molecule has 1 aliphatic heterocycles. The van der Waals surface area contributed by atoms with Gasteiger partial charge in [0.1, 0.15) is 0 Å². The molecule has 14 heavy (non-hydrogen) atoms. The second-order valence-electron chi connectivity index (χ2n) is 5.67. The van der Waals surface area contributed by atoms with Gasteiger partial charge in [-0.25, -0.2) is 0 Å². The Labute approximate surface area is 88.9 Å². The van der Waals surface area contributed by atoms with Gasteiger partial charge >= 0.3 is 0 Å². The van der Waals surface area contributed by atoms with Crippen LogP contribution in [0.5, 0.6) is 0 Å². The lowest BCUT2D eigenvalue weighted by molar-refractivity contribution is 0.0899. The Balaban J connectivity index is 1.86. The van der Waals surface area contributed by atoms with Crippen LogP contribution in [0.2, 0.25) is 0 Å². The average molecular weight is 195 g/mol. The molecule has 82 valence electrons. The summed E-state index contributed by atoms with van der Waals surface area (Å²) in [6.45, 7) is 7.59. The smallest absolute Gasteiger partial charge is 0.00979 e. The largest absolute Gasteiger partial charge is 0.300 e. The van der Waals surface area contributed by atoms with Crippen molar-refractivity contribution in [3.63, 3.8) is 0 Å². The number of piperidine rings is 1. The van der Waals surface area contributed by atoms with Crippen molar-refractivity contribution in [2.45, 2.75) is 58.4 Å². The minimum atomic E-state index is 0.932. The van der Waals surface area contributed by atoms with E-state index in [-0.39, 0.29) is 0 Å². The topological polar surface area (TPSA) is 3.24 Å². The summed E-state index contributed by atoms with van der Waals surface area (Å²) in [6, 6.07) is 0.932. The first-order valence-corrected chi connectivity index (χ1v) is 6.49. The van der Waals surface area contributed by atoms with Crippen LogP contribution in [0, 0.1) is 11.8 Å². The number of hydrogen-bond donors (Lipinski definition) is 0. The fourth-order valence-corrected chi connectivity index (χ4v) is 3.29. The molecule has 2 rings (SSSR count). The molecule has 0 N–H and O–H groups in total. The molecule has 0 aromatic heterocycles. The Morgan fingerprint density at radius 2 is 1.71 bits per heavy atom. The molecule has 0 spiro atoms. The summed E-state index contributed by atoms with van der Waals surface area (Å²) in [5.41, 5.74) is 0. The highest BCUT2D eigenvalue weighted by molar-refractivity contribution is 4.82. The van der Waals surface area contributed by atoms with Gasteiger partial charge in [0.2, 0.25) is 0 Å². The predicted molar refractivity (Wildman–Crippen MR) is 61.4 cm³/mol. The Bertz CT molecular complexity index is 158. The molecule has 1 heteroatoms. The van der Waals surface area contributed by atoms with E-state index >= 15 is 0 Å². The standard InChI is InChI=1S/C13H25N/c1-11-5-3-7-13(9-11)14-8-4-6-12(2)10-14/h11-13H,3-10H2,1-2H3. The Kier molecular flexibility index (Phi) is 3.48. The van der Waals surface area contributed by atoms with E-state index < -0.39 is 0 Å². The third-order valence-corrected chi connectivity index (χ3v) is 4.11.